The second-order valence-electron chi connectivity index (χ2n) is 3.03. The molecule has 3 rings (SSSR count). The molecular weight excluding hydrogens is 438 g/mol. The van der Waals surface area contributed by atoms with E-state index in [1.54, 1.807) is 0 Å². The van der Waals surface area contributed by atoms with Crippen LogP contribution in [0.3, 0.4) is 0 Å². The van der Waals surface area contributed by atoms with Crippen LogP contribution in [0.25, 0.3) is 20.2 Å². The van der Waals surface area contributed by atoms with Crippen molar-refractivity contribution in [1.82, 2.24) is 0 Å². The van der Waals surface area contributed by atoms with Crippen LogP contribution in [0.1, 0.15) is 0 Å². The SMILES string of the molecule is Ic1cc2cc3sc(I)cc3cc2s1. The van der Waals surface area contributed by atoms with Crippen LogP contribution in [-0.4, -0.2) is 0 Å². The molecule has 2 aromatic heterocycles. The Hall–Kier alpha value is 0.600. The fourth-order valence-corrected chi connectivity index (χ4v) is 5.24. The van der Waals surface area contributed by atoms with Crippen LogP contribution >= 0.6 is 67.9 Å². The summed E-state index contributed by atoms with van der Waals surface area (Å²) in [6.45, 7) is 0. The average molecular weight is 442 g/mol. The van der Waals surface area contributed by atoms with Gasteiger partial charge in [0, 0.05) is 9.40 Å². The van der Waals surface area contributed by atoms with Crippen molar-refractivity contribution in [2.45, 2.75) is 0 Å². The van der Waals surface area contributed by atoms with Gasteiger partial charge in [0.15, 0.2) is 0 Å². The summed E-state index contributed by atoms with van der Waals surface area (Å²) in [4.78, 5) is 0. The van der Waals surface area contributed by atoms with E-state index in [1.807, 2.05) is 22.7 Å². The third kappa shape index (κ3) is 1.60. The Morgan fingerprint density at radius 2 is 1.14 bits per heavy atom. The Balaban J connectivity index is 2.49. The molecule has 0 radical (unpaired) electrons. The normalized spacial score (nSPS) is 11.6. The Kier molecular flexibility index (Phi) is 2.50. The van der Waals surface area contributed by atoms with Crippen LogP contribution in [0.2, 0.25) is 0 Å². The minimum Gasteiger partial charge on any atom is -0.129 e. The molecule has 0 bridgehead atoms. The Morgan fingerprint density at radius 3 is 1.57 bits per heavy atom. The van der Waals surface area contributed by atoms with Gasteiger partial charge in [-0.15, -0.1) is 22.7 Å². The summed E-state index contributed by atoms with van der Waals surface area (Å²) in [6.07, 6.45) is 0. The topological polar surface area (TPSA) is 0 Å². The highest BCUT2D eigenvalue weighted by Crippen LogP contribution is 2.34. The maximum atomic E-state index is 2.39. The third-order valence-electron chi connectivity index (χ3n) is 2.10. The van der Waals surface area contributed by atoms with Gasteiger partial charge in [-0.2, -0.15) is 0 Å². The first-order chi connectivity index (χ1) is 6.72. The van der Waals surface area contributed by atoms with E-state index in [1.165, 1.54) is 25.9 Å². The monoisotopic (exact) mass is 442 g/mol. The molecule has 2 heterocycles. The Bertz CT molecular complexity index is 519. The Morgan fingerprint density at radius 1 is 0.714 bits per heavy atom. The maximum absolute atomic E-state index is 2.39. The van der Waals surface area contributed by atoms with E-state index >= 15 is 0 Å². The van der Waals surface area contributed by atoms with Gasteiger partial charge in [-0.25, -0.2) is 0 Å². The smallest absolute Gasteiger partial charge is 0.0666 e. The summed E-state index contributed by atoms with van der Waals surface area (Å²) in [5.74, 6) is 0. The molecule has 0 unspecified atom stereocenters. The van der Waals surface area contributed by atoms with Gasteiger partial charge >= 0.3 is 0 Å². The number of hydrogen-bond acceptors (Lipinski definition) is 2. The van der Waals surface area contributed by atoms with Gasteiger partial charge in [0.25, 0.3) is 0 Å². The lowest BCUT2D eigenvalue weighted by molar-refractivity contribution is 1.99. The van der Waals surface area contributed by atoms with E-state index in [-0.39, 0.29) is 0 Å². The Labute approximate surface area is 117 Å². The molecule has 0 saturated heterocycles. The largest absolute Gasteiger partial charge is 0.129 e. The number of benzene rings is 1. The van der Waals surface area contributed by atoms with Gasteiger partial charge < -0.3 is 0 Å². The first kappa shape index (κ1) is 9.80. The highest BCUT2D eigenvalue weighted by molar-refractivity contribution is 14.1. The van der Waals surface area contributed by atoms with Crippen molar-refractivity contribution < 1.29 is 0 Å². The summed E-state index contributed by atoms with van der Waals surface area (Å²) in [6, 6.07) is 9.12. The minimum absolute atomic E-state index is 1.37. The average Bonchev–Trinajstić information content (AvgIpc) is 2.59. The van der Waals surface area contributed by atoms with Gasteiger partial charge in [0.2, 0.25) is 0 Å². The van der Waals surface area contributed by atoms with E-state index < -0.39 is 0 Å². The van der Waals surface area contributed by atoms with Crippen molar-refractivity contribution in [1.29, 1.82) is 0 Å². The van der Waals surface area contributed by atoms with Crippen molar-refractivity contribution in [2.75, 3.05) is 0 Å². The molecule has 0 nitrogen and oxygen atoms in total. The molecular formula is C10H4I2S2. The zero-order valence-corrected chi connectivity index (χ0v) is 12.8. The quantitative estimate of drug-likeness (QED) is 0.414. The summed E-state index contributed by atoms with van der Waals surface area (Å²) >= 11 is 8.50. The summed E-state index contributed by atoms with van der Waals surface area (Å²) < 4.78 is 5.53. The van der Waals surface area contributed by atoms with Crippen LogP contribution < -0.4 is 0 Å². The van der Waals surface area contributed by atoms with Crippen LogP contribution in [-0.2, 0) is 0 Å². The van der Waals surface area contributed by atoms with Crippen LogP contribution in [0, 0.1) is 5.77 Å². The second-order valence-corrected chi connectivity index (χ2v) is 8.98. The fourth-order valence-electron chi connectivity index (χ4n) is 1.51. The fraction of sp³-hybridized carbons (Fsp3) is 0. The van der Waals surface area contributed by atoms with Crippen LogP contribution in [0.15, 0.2) is 24.3 Å². The molecule has 0 fully saturated rings. The maximum Gasteiger partial charge on any atom is 0.0666 e. The molecule has 1 aromatic carbocycles. The van der Waals surface area contributed by atoms with Gasteiger partial charge in [-0.05, 0) is 80.2 Å². The highest BCUT2D eigenvalue weighted by Gasteiger charge is 2.04. The predicted octanol–water partition coefficient (Wildman–Crippen LogP) is 5.33. The van der Waals surface area contributed by atoms with Crippen molar-refractivity contribution in [3.05, 3.63) is 30.0 Å². The van der Waals surface area contributed by atoms with Crippen molar-refractivity contribution >= 4 is 88.0 Å². The van der Waals surface area contributed by atoms with Crippen molar-refractivity contribution in [3.8, 4) is 0 Å². The van der Waals surface area contributed by atoms with E-state index in [0.717, 1.165) is 0 Å². The number of thiophene rings is 2. The summed E-state index contributed by atoms with van der Waals surface area (Å²) in [5.41, 5.74) is 0. The predicted molar refractivity (Wildman–Crippen MR) is 82.6 cm³/mol. The van der Waals surface area contributed by atoms with Gasteiger partial charge in [-0.3, -0.25) is 0 Å². The van der Waals surface area contributed by atoms with Gasteiger partial charge in [0.1, 0.15) is 0 Å². The standard InChI is InChI=1S/C10H4I2S2/c11-9-3-5-1-7-6(2-8(5)14-9)4-10(12)13-7/h1-4H. The zero-order chi connectivity index (χ0) is 9.71. The third-order valence-corrected chi connectivity index (χ3v) is 5.81. The molecule has 0 spiro atoms. The summed E-state index contributed by atoms with van der Waals surface area (Å²) in [5, 5.41) is 2.76. The number of hydrogen-bond donors (Lipinski definition) is 0. The van der Waals surface area contributed by atoms with E-state index in [0.29, 0.717) is 0 Å². The number of halogens is 2. The molecule has 14 heavy (non-hydrogen) atoms. The van der Waals surface area contributed by atoms with Crippen LogP contribution in [0.5, 0.6) is 0 Å². The van der Waals surface area contributed by atoms with Crippen molar-refractivity contribution in [3.63, 3.8) is 0 Å². The van der Waals surface area contributed by atoms with Gasteiger partial charge in [0.05, 0.1) is 5.77 Å². The molecule has 0 atom stereocenters. The molecule has 0 amide bonds. The number of rotatable bonds is 0. The first-order valence-electron chi connectivity index (χ1n) is 4.00. The number of fused-ring (bicyclic) bond motifs is 2. The molecule has 0 aliphatic carbocycles. The minimum atomic E-state index is 1.37. The lowest BCUT2D eigenvalue weighted by atomic mass is 10.2. The van der Waals surface area contributed by atoms with E-state index in [2.05, 4.69) is 69.4 Å². The second kappa shape index (κ2) is 3.57. The molecule has 3 aromatic rings. The molecule has 0 aliphatic rings. The lowest BCUT2D eigenvalue weighted by Gasteiger charge is -1.89. The van der Waals surface area contributed by atoms with Crippen molar-refractivity contribution in [2.24, 2.45) is 0 Å². The van der Waals surface area contributed by atoms with Gasteiger partial charge in [-0.1, -0.05) is 0 Å². The highest BCUT2D eigenvalue weighted by atomic mass is 127. The molecule has 0 aliphatic heterocycles. The lowest BCUT2D eigenvalue weighted by Crippen LogP contribution is -1.62. The first-order valence-corrected chi connectivity index (χ1v) is 7.79. The molecule has 4 heteroatoms. The van der Waals surface area contributed by atoms with E-state index in [9.17, 15) is 0 Å². The van der Waals surface area contributed by atoms with E-state index in [4.69, 9.17) is 0 Å². The molecule has 70 valence electrons. The summed E-state index contributed by atoms with van der Waals surface area (Å²) in [7, 11) is 0. The molecule has 0 N–H and O–H groups in total. The molecule has 0 saturated carbocycles. The zero-order valence-electron chi connectivity index (χ0n) is 6.88. The van der Waals surface area contributed by atoms with Crippen LogP contribution in [0.4, 0.5) is 0 Å².